The second-order valence-corrected chi connectivity index (χ2v) is 7.95. The molecule has 2 amide bonds. The zero-order valence-corrected chi connectivity index (χ0v) is 16.7. The molecule has 1 unspecified atom stereocenters. The minimum atomic E-state index is -0.182. The molecule has 27 heavy (non-hydrogen) atoms. The van der Waals surface area contributed by atoms with E-state index in [0.717, 1.165) is 28.6 Å². The van der Waals surface area contributed by atoms with Gasteiger partial charge in [-0.25, -0.2) is 0 Å². The van der Waals surface area contributed by atoms with E-state index in [4.69, 9.17) is 4.74 Å². The summed E-state index contributed by atoms with van der Waals surface area (Å²) >= 11 is 3.48. The molecular weight excluding hydrogens is 408 g/mol. The minimum absolute atomic E-state index is 0.0793. The van der Waals surface area contributed by atoms with Gasteiger partial charge in [0.05, 0.1) is 23.9 Å². The Morgan fingerprint density at radius 1 is 1.15 bits per heavy atom. The van der Waals surface area contributed by atoms with Crippen molar-refractivity contribution >= 4 is 33.4 Å². The number of carbonyl (C=O) groups is 2. The fourth-order valence-corrected chi connectivity index (χ4v) is 3.81. The molecule has 1 aliphatic carbocycles. The molecule has 0 aromatic heterocycles. The lowest BCUT2D eigenvalue weighted by Gasteiger charge is -2.28. The highest BCUT2D eigenvalue weighted by Crippen LogP contribution is 2.35. The standard InChI is InChI=1S/C21H21BrN2O3/c1-24(21(26)13-6-7-13)18-5-3-2-4-15(18)20(25)23-17-10-11-27-19-9-8-14(22)12-16(17)19/h2-5,8-9,12-13,17H,6-7,10-11H2,1H3,(H,23,25). The third kappa shape index (κ3) is 3.72. The molecule has 1 N–H and O–H groups in total. The summed E-state index contributed by atoms with van der Waals surface area (Å²) in [5, 5.41) is 3.12. The van der Waals surface area contributed by atoms with E-state index in [2.05, 4.69) is 21.2 Å². The number of amides is 2. The molecule has 5 nitrogen and oxygen atoms in total. The largest absolute Gasteiger partial charge is 0.493 e. The van der Waals surface area contributed by atoms with Gasteiger partial charge in [-0.3, -0.25) is 9.59 Å². The van der Waals surface area contributed by atoms with E-state index in [0.29, 0.717) is 24.3 Å². The number of rotatable bonds is 4. The fourth-order valence-electron chi connectivity index (χ4n) is 3.43. The lowest BCUT2D eigenvalue weighted by atomic mass is 10.00. The summed E-state index contributed by atoms with van der Waals surface area (Å²) in [5.41, 5.74) is 2.12. The summed E-state index contributed by atoms with van der Waals surface area (Å²) in [6, 6.07) is 13.0. The van der Waals surface area contributed by atoms with Gasteiger partial charge >= 0.3 is 0 Å². The molecule has 1 fully saturated rings. The first-order chi connectivity index (χ1) is 13.0. The molecule has 1 atom stereocenters. The number of nitrogens with one attached hydrogen (secondary N) is 1. The molecule has 1 heterocycles. The van der Waals surface area contributed by atoms with Crippen molar-refractivity contribution in [2.45, 2.75) is 25.3 Å². The van der Waals surface area contributed by atoms with Crippen LogP contribution in [0.5, 0.6) is 5.75 Å². The first kappa shape index (κ1) is 18.0. The number of ether oxygens (including phenoxy) is 1. The highest BCUT2D eigenvalue weighted by atomic mass is 79.9. The van der Waals surface area contributed by atoms with Crippen molar-refractivity contribution in [3.63, 3.8) is 0 Å². The van der Waals surface area contributed by atoms with Gasteiger partial charge < -0.3 is 15.0 Å². The van der Waals surface area contributed by atoms with Crippen molar-refractivity contribution in [2.24, 2.45) is 5.92 Å². The number of benzene rings is 2. The predicted octanol–water partition coefficient (Wildman–Crippen LogP) is 4.08. The summed E-state index contributed by atoms with van der Waals surface area (Å²) < 4.78 is 6.64. The molecule has 0 bridgehead atoms. The van der Waals surface area contributed by atoms with E-state index in [9.17, 15) is 9.59 Å². The Balaban J connectivity index is 1.58. The van der Waals surface area contributed by atoms with Crippen LogP contribution in [-0.4, -0.2) is 25.5 Å². The van der Waals surface area contributed by atoms with Gasteiger partial charge in [-0.2, -0.15) is 0 Å². The minimum Gasteiger partial charge on any atom is -0.493 e. The first-order valence-electron chi connectivity index (χ1n) is 9.14. The van der Waals surface area contributed by atoms with Crippen LogP contribution in [0.3, 0.4) is 0 Å². The van der Waals surface area contributed by atoms with E-state index in [-0.39, 0.29) is 23.8 Å². The molecule has 0 saturated heterocycles. The Kier molecular flexibility index (Phi) is 4.91. The summed E-state index contributed by atoms with van der Waals surface area (Å²) in [5.74, 6) is 0.796. The zero-order valence-electron chi connectivity index (χ0n) is 15.1. The highest BCUT2D eigenvalue weighted by Gasteiger charge is 2.34. The van der Waals surface area contributed by atoms with E-state index in [1.165, 1.54) is 0 Å². The highest BCUT2D eigenvalue weighted by molar-refractivity contribution is 9.10. The Hall–Kier alpha value is -2.34. The maximum absolute atomic E-state index is 13.0. The Morgan fingerprint density at radius 3 is 2.70 bits per heavy atom. The summed E-state index contributed by atoms with van der Waals surface area (Å²) in [4.78, 5) is 27.1. The molecular formula is C21H21BrN2O3. The molecule has 1 saturated carbocycles. The summed E-state index contributed by atoms with van der Waals surface area (Å²) in [6.07, 6.45) is 2.57. The van der Waals surface area contributed by atoms with Crippen molar-refractivity contribution in [3.05, 3.63) is 58.1 Å². The number of halogens is 1. The first-order valence-corrected chi connectivity index (χ1v) is 9.93. The second-order valence-electron chi connectivity index (χ2n) is 7.03. The topological polar surface area (TPSA) is 58.6 Å². The zero-order chi connectivity index (χ0) is 19.0. The van der Waals surface area contributed by atoms with Crippen LogP contribution in [0.1, 0.15) is 41.2 Å². The lowest BCUT2D eigenvalue weighted by Crippen LogP contribution is -2.34. The molecule has 0 radical (unpaired) electrons. The van der Waals surface area contributed by atoms with Crippen LogP contribution < -0.4 is 15.0 Å². The van der Waals surface area contributed by atoms with E-state index < -0.39 is 0 Å². The van der Waals surface area contributed by atoms with Crippen molar-refractivity contribution < 1.29 is 14.3 Å². The average Bonchev–Trinajstić information content (AvgIpc) is 3.52. The van der Waals surface area contributed by atoms with Crippen molar-refractivity contribution in [2.75, 3.05) is 18.6 Å². The third-order valence-electron chi connectivity index (χ3n) is 5.08. The number of fused-ring (bicyclic) bond motifs is 1. The number of hydrogen-bond donors (Lipinski definition) is 1. The van der Waals surface area contributed by atoms with Gasteiger partial charge in [-0.1, -0.05) is 28.1 Å². The van der Waals surface area contributed by atoms with Crippen LogP contribution in [0.2, 0.25) is 0 Å². The number of carbonyl (C=O) groups excluding carboxylic acids is 2. The van der Waals surface area contributed by atoms with Gasteiger partial charge in [0.2, 0.25) is 5.91 Å². The fraction of sp³-hybridized carbons (Fsp3) is 0.333. The van der Waals surface area contributed by atoms with Crippen molar-refractivity contribution in [3.8, 4) is 5.75 Å². The van der Waals surface area contributed by atoms with Gasteiger partial charge in [-0.05, 0) is 43.2 Å². The van der Waals surface area contributed by atoms with Crippen molar-refractivity contribution in [1.29, 1.82) is 0 Å². The molecule has 1 aliphatic heterocycles. The van der Waals surface area contributed by atoms with Gasteiger partial charge in [0.1, 0.15) is 5.75 Å². The van der Waals surface area contributed by atoms with E-state index in [1.807, 2.05) is 36.4 Å². The molecule has 2 aliphatic rings. The monoisotopic (exact) mass is 428 g/mol. The summed E-state index contributed by atoms with van der Waals surface area (Å²) in [6.45, 7) is 0.557. The quantitative estimate of drug-likeness (QED) is 0.797. The van der Waals surface area contributed by atoms with Gasteiger partial charge in [0, 0.05) is 29.4 Å². The van der Waals surface area contributed by atoms with Crippen molar-refractivity contribution in [1.82, 2.24) is 5.32 Å². The van der Waals surface area contributed by atoms with Crippen LogP contribution in [-0.2, 0) is 4.79 Å². The van der Waals surface area contributed by atoms with Crippen LogP contribution in [0, 0.1) is 5.92 Å². The van der Waals surface area contributed by atoms with Crippen LogP contribution >= 0.6 is 15.9 Å². The number of hydrogen-bond acceptors (Lipinski definition) is 3. The van der Waals surface area contributed by atoms with Crippen LogP contribution in [0.4, 0.5) is 5.69 Å². The maximum Gasteiger partial charge on any atom is 0.253 e. The maximum atomic E-state index is 13.0. The molecule has 2 aromatic carbocycles. The average molecular weight is 429 g/mol. The summed E-state index contributed by atoms with van der Waals surface area (Å²) in [7, 11) is 1.74. The smallest absolute Gasteiger partial charge is 0.253 e. The lowest BCUT2D eigenvalue weighted by molar-refractivity contribution is -0.119. The van der Waals surface area contributed by atoms with Crippen LogP contribution in [0.15, 0.2) is 46.9 Å². The van der Waals surface area contributed by atoms with Gasteiger partial charge in [-0.15, -0.1) is 0 Å². The number of nitrogens with zero attached hydrogens (tertiary/aromatic N) is 1. The number of anilines is 1. The normalized spacial score (nSPS) is 18.2. The second kappa shape index (κ2) is 7.35. The Bertz CT molecular complexity index is 895. The Labute approximate surface area is 166 Å². The number of para-hydroxylation sites is 1. The molecule has 0 spiro atoms. The molecule has 6 heteroatoms. The third-order valence-corrected chi connectivity index (χ3v) is 5.58. The molecule has 4 rings (SSSR count). The van der Waals surface area contributed by atoms with E-state index in [1.54, 1.807) is 18.0 Å². The Morgan fingerprint density at radius 2 is 1.93 bits per heavy atom. The van der Waals surface area contributed by atoms with Gasteiger partial charge in [0.15, 0.2) is 0 Å². The molecule has 140 valence electrons. The van der Waals surface area contributed by atoms with Crippen LogP contribution in [0.25, 0.3) is 0 Å². The molecule has 2 aromatic rings. The van der Waals surface area contributed by atoms with E-state index >= 15 is 0 Å². The predicted molar refractivity (Wildman–Crippen MR) is 107 cm³/mol. The SMILES string of the molecule is CN(C(=O)C1CC1)c1ccccc1C(=O)NC1CCOc2ccc(Br)cc21. The van der Waals surface area contributed by atoms with Gasteiger partial charge in [0.25, 0.3) is 5.91 Å².